The number of alkyl halides is 3. The van der Waals surface area contributed by atoms with E-state index in [1.54, 1.807) is 13.0 Å². The summed E-state index contributed by atoms with van der Waals surface area (Å²) in [7, 11) is 0. The van der Waals surface area contributed by atoms with Crippen LogP contribution in [0.3, 0.4) is 0 Å². The zero-order chi connectivity index (χ0) is 22.0. The summed E-state index contributed by atoms with van der Waals surface area (Å²) in [5.41, 5.74) is 0.560. The molecule has 1 aliphatic rings. The molecule has 0 saturated carbocycles. The van der Waals surface area contributed by atoms with E-state index >= 15 is 0 Å². The van der Waals surface area contributed by atoms with Gasteiger partial charge in [0, 0.05) is 18.8 Å². The van der Waals surface area contributed by atoms with Crippen LogP contribution in [0.1, 0.15) is 11.3 Å². The Balaban J connectivity index is 1.53. The van der Waals surface area contributed by atoms with Gasteiger partial charge in [0.1, 0.15) is 11.4 Å². The molecule has 3 aromatic rings. The van der Waals surface area contributed by atoms with Gasteiger partial charge in [0.25, 0.3) is 5.78 Å². The molecule has 0 unspecified atom stereocenters. The molecule has 0 bridgehead atoms. The number of thioether (sulfide) groups is 1. The number of aromatic nitrogens is 4. The topological polar surface area (TPSA) is 84.7 Å². The maximum absolute atomic E-state index is 13.2. The molecule has 31 heavy (non-hydrogen) atoms. The third-order valence-electron chi connectivity index (χ3n) is 4.65. The quantitative estimate of drug-likeness (QED) is 0.471. The van der Waals surface area contributed by atoms with Crippen molar-refractivity contribution in [3.63, 3.8) is 0 Å². The number of ether oxygens (including phenoxy) is 1. The van der Waals surface area contributed by atoms with E-state index in [0.29, 0.717) is 42.8 Å². The van der Waals surface area contributed by atoms with Crippen molar-refractivity contribution in [1.82, 2.24) is 19.6 Å². The highest BCUT2D eigenvalue weighted by atomic mass is 32.2. The predicted octanol–water partition coefficient (Wildman–Crippen LogP) is 3.02. The summed E-state index contributed by atoms with van der Waals surface area (Å²) in [4.78, 5) is 22.8. The number of rotatable bonds is 5. The van der Waals surface area contributed by atoms with Gasteiger partial charge in [0.15, 0.2) is 0 Å². The minimum Gasteiger partial charge on any atom is -0.378 e. The van der Waals surface area contributed by atoms with Crippen LogP contribution in [0, 0.1) is 6.92 Å². The van der Waals surface area contributed by atoms with Gasteiger partial charge < -0.3 is 15.0 Å². The van der Waals surface area contributed by atoms with Crippen molar-refractivity contribution in [3.05, 3.63) is 41.9 Å². The van der Waals surface area contributed by atoms with Gasteiger partial charge in [0.05, 0.1) is 35.9 Å². The highest BCUT2D eigenvalue weighted by molar-refractivity contribution is 7.99. The normalized spacial score (nSPS) is 14.8. The lowest BCUT2D eigenvalue weighted by molar-refractivity contribution is -0.137. The van der Waals surface area contributed by atoms with Crippen LogP contribution in [-0.4, -0.2) is 57.5 Å². The van der Waals surface area contributed by atoms with Crippen LogP contribution in [0.4, 0.5) is 24.5 Å². The summed E-state index contributed by atoms with van der Waals surface area (Å²) in [6.07, 6.45) is -3.14. The van der Waals surface area contributed by atoms with E-state index in [1.807, 2.05) is 4.90 Å². The Morgan fingerprint density at radius 2 is 2.03 bits per heavy atom. The molecule has 1 aliphatic heterocycles. The zero-order valence-corrected chi connectivity index (χ0v) is 17.3. The van der Waals surface area contributed by atoms with Crippen molar-refractivity contribution in [2.45, 2.75) is 18.1 Å². The molecule has 164 valence electrons. The molecule has 3 heterocycles. The Hall–Kier alpha value is -2.86. The Labute approximate surface area is 179 Å². The van der Waals surface area contributed by atoms with Crippen molar-refractivity contribution < 1.29 is 22.7 Å². The van der Waals surface area contributed by atoms with E-state index in [9.17, 15) is 18.0 Å². The maximum atomic E-state index is 13.2. The molecule has 0 atom stereocenters. The third-order valence-corrected chi connectivity index (χ3v) is 5.64. The van der Waals surface area contributed by atoms with Crippen molar-refractivity contribution in [1.29, 1.82) is 0 Å². The van der Waals surface area contributed by atoms with Crippen molar-refractivity contribution in [2.75, 3.05) is 42.3 Å². The molecule has 1 aromatic carbocycles. The van der Waals surface area contributed by atoms with Gasteiger partial charge >= 0.3 is 6.18 Å². The van der Waals surface area contributed by atoms with Crippen molar-refractivity contribution in [3.8, 4) is 0 Å². The summed E-state index contributed by atoms with van der Waals surface area (Å²) in [5.74, 6) is -0.0334. The Kier molecular flexibility index (Phi) is 6.01. The van der Waals surface area contributed by atoms with Crippen molar-refractivity contribution >= 4 is 34.8 Å². The molecule has 1 saturated heterocycles. The molecule has 1 fully saturated rings. The number of carbonyl (C=O) groups is 1. The smallest absolute Gasteiger partial charge is 0.378 e. The predicted molar refractivity (Wildman–Crippen MR) is 109 cm³/mol. The number of halogens is 3. The number of carbonyl (C=O) groups excluding carboxylic acids is 1. The van der Waals surface area contributed by atoms with E-state index in [2.05, 4.69) is 20.4 Å². The molecule has 2 aromatic heterocycles. The first-order chi connectivity index (χ1) is 14.8. The second kappa shape index (κ2) is 8.71. The molecule has 1 amide bonds. The number of morpholine rings is 1. The van der Waals surface area contributed by atoms with Gasteiger partial charge in [0.2, 0.25) is 5.91 Å². The SMILES string of the molecule is Cc1cc(SCC(=O)Nc2cc(C(F)(F)F)ccc2N2CCOCC2)n2ncnc2n1. The second-order valence-corrected chi connectivity index (χ2v) is 7.87. The molecule has 0 radical (unpaired) electrons. The average molecular weight is 452 g/mol. The van der Waals surface area contributed by atoms with E-state index in [0.717, 1.165) is 17.8 Å². The van der Waals surface area contributed by atoms with Gasteiger partial charge in [-0.05, 0) is 31.2 Å². The molecular weight excluding hydrogens is 433 g/mol. The Bertz CT molecular complexity index is 1100. The maximum Gasteiger partial charge on any atom is 0.416 e. The number of nitrogens with one attached hydrogen (secondary N) is 1. The van der Waals surface area contributed by atoms with Crippen LogP contribution in [0.5, 0.6) is 0 Å². The molecule has 12 heteroatoms. The van der Waals surface area contributed by atoms with Crippen LogP contribution in [0.15, 0.2) is 35.6 Å². The lowest BCUT2D eigenvalue weighted by Gasteiger charge is -2.31. The standard InChI is InChI=1S/C19H19F3N6O2S/c1-12-8-17(28-18(25-12)23-11-24-28)31-10-16(29)26-14-9-13(19(20,21)22)2-3-15(14)27-4-6-30-7-5-27/h2-3,8-9,11H,4-7,10H2,1H3,(H,26,29). The fourth-order valence-corrected chi connectivity index (χ4v) is 4.07. The number of amides is 1. The van der Waals surface area contributed by atoms with Crippen LogP contribution < -0.4 is 10.2 Å². The average Bonchev–Trinajstić information content (AvgIpc) is 3.20. The van der Waals surface area contributed by atoms with Gasteiger partial charge in [-0.1, -0.05) is 11.8 Å². The highest BCUT2D eigenvalue weighted by Gasteiger charge is 2.32. The lowest BCUT2D eigenvalue weighted by atomic mass is 10.1. The van der Waals surface area contributed by atoms with E-state index < -0.39 is 17.6 Å². The number of fused-ring (bicyclic) bond motifs is 1. The number of benzene rings is 1. The van der Waals surface area contributed by atoms with Crippen LogP contribution in [0.25, 0.3) is 5.78 Å². The molecule has 4 rings (SSSR count). The lowest BCUT2D eigenvalue weighted by Crippen LogP contribution is -2.37. The summed E-state index contributed by atoms with van der Waals surface area (Å²) < 4.78 is 46.5. The number of anilines is 2. The number of aryl methyl sites for hydroxylation is 1. The Morgan fingerprint density at radius 3 is 2.77 bits per heavy atom. The first kappa shape index (κ1) is 21.4. The van der Waals surface area contributed by atoms with Crippen molar-refractivity contribution in [2.24, 2.45) is 0 Å². The largest absolute Gasteiger partial charge is 0.416 e. The molecule has 0 aliphatic carbocycles. The van der Waals surface area contributed by atoms with Gasteiger partial charge in [-0.15, -0.1) is 0 Å². The van der Waals surface area contributed by atoms with E-state index in [1.165, 1.54) is 28.7 Å². The molecule has 8 nitrogen and oxygen atoms in total. The first-order valence-corrected chi connectivity index (χ1v) is 10.4. The number of hydrogen-bond donors (Lipinski definition) is 1. The first-order valence-electron chi connectivity index (χ1n) is 9.45. The van der Waals surface area contributed by atoms with Crippen LogP contribution in [0.2, 0.25) is 0 Å². The van der Waals surface area contributed by atoms with Gasteiger partial charge in [-0.2, -0.15) is 27.8 Å². The fraction of sp³-hybridized carbons (Fsp3) is 0.368. The number of nitrogens with zero attached hydrogens (tertiary/aromatic N) is 5. The Morgan fingerprint density at radius 1 is 1.26 bits per heavy atom. The van der Waals surface area contributed by atoms with E-state index in [-0.39, 0.29) is 11.4 Å². The number of hydrogen-bond acceptors (Lipinski definition) is 7. The molecule has 1 N–H and O–H groups in total. The summed E-state index contributed by atoms with van der Waals surface area (Å²) >= 11 is 1.20. The van der Waals surface area contributed by atoms with Crippen LogP contribution >= 0.6 is 11.8 Å². The summed E-state index contributed by atoms with van der Waals surface area (Å²) in [6.45, 7) is 3.81. The summed E-state index contributed by atoms with van der Waals surface area (Å²) in [6, 6.07) is 5.15. The third kappa shape index (κ3) is 4.90. The minimum atomic E-state index is -4.51. The summed E-state index contributed by atoms with van der Waals surface area (Å²) in [5, 5.41) is 7.39. The van der Waals surface area contributed by atoms with Gasteiger partial charge in [-0.25, -0.2) is 4.98 Å². The van der Waals surface area contributed by atoms with Gasteiger partial charge in [-0.3, -0.25) is 4.79 Å². The molecular formula is C19H19F3N6O2S. The minimum absolute atomic E-state index is 0.0167. The monoisotopic (exact) mass is 452 g/mol. The highest BCUT2D eigenvalue weighted by Crippen LogP contribution is 2.36. The van der Waals surface area contributed by atoms with Crippen LogP contribution in [-0.2, 0) is 15.7 Å². The fourth-order valence-electron chi connectivity index (χ4n) is 3.22. The van der Waals surface area contributed by atoms with E-state index in [4.69, 9.17) is 4.74 Å². The molecule has 0 spiro atoms. The zero-order valence-electron chi connectivity index (χ0n) is 16.5. The second-order valence-electron chi connectivity index (χ2n) is 6.87.